The average Bonchev–Trinajstić information content (AvgIpc) is 2.37. The van der Waals surface area contributed by atoms with E-state index in [9.17, 15) is 4.79 Å². The Morgan fingerprint density at radius 1 is 1.35 bits per heavy atom. The lowest BCUT2D eigenvalue weighted by molar-refractivity contribution is -0.116. The number of aryl methyl sites for hydroxylation is 1. The number of nitrogens with one attached hydrogen (secondary N) is 1. The first-order chi connectivity index (χ1) is 9.49. The standard InChI is InChI=1S/C15H25N3OS/c1-12-6-7-13(16)11-14(12)17-15(19)5-4-9-20-10-8-18(2)3/h6-7,11H,4-5,8-10,16H2,1-3H3,(H,17,19). The van der Waals surface area contributed by atoms with Crippen LogP contribution in [0.4, 0.5) is 11.4 Å². The van der Waals surface area contributed by atoms with Crippen molar-refractivity contribution in [3.63, 3.8) is 0 Å². The SMILES string of the molecule is Cc1ccc(N)cc1NC(=O)CCCSCCN(C)C. The topological polar surface area (TPSA) is 58.4 Å². The van der Waals surface area contributed by atoms with E-state index >= 15 is 0 Å². The Hall–Kier alpha value is -1.20. The van der Waals surface area contributed by atoms with Crippen LogP contribution in [-0.4, -0.2) is 43.0 Å². The molecule has 0 aliphatic carbocycles. The highest BCUT2D eigenvalue weighted by Crippen LogP contribution is 2.18. The average molecular weight is 295 g/mol. The van der Waals surface area contributed by atoms with Gasteiger partial charge in [-0.2, -0.15) is 11.8 Å². The predicted molar refractivity (Wildman–Crippen MR) is 89.3 cm³/mol. The number of nitrogen functional groups attached to an aromatic ring is 1. The molecule has 0 spiro atoms. The van der Waals surface area contributed by atoms with Gasteiger partial charge in [-0.15, -0.1) is 0 Å². The highest BCUT2D eigenvalue weighted by Gasteiger charge is 2.05. The van der Waals surface area contributed by atoms with Gasteiger partial charge in [-0.1, -0.05) is 6.07 Å². The molecule has 0 saturated carbocycles. The molecule has 1 amide bonds. The van der Waals surface area contributed by atoms with E-state index in [2.05, 4.69) is 24.3 Å². The van der Waals surface area contributed by atoms with E-state index in [1.54, 1.807) is 6.07 Å². The first kappa shape index (κ1) is 16.9. The van der Waals surface area contributed by atoms with Crippen molar-refractivity contribution < 1.29 is 4.79 Å². The van der Waals surface area contributed by atoms with Crippen LogP contribution in [0, 0.1) is 6.92 Å². The number of hydrogen-bond donors (Lipinski definition) is 2. The summed E-state index contributed by atoms with van der Waals surface area (Å²) in [6.07, 6.45) is 1.47. The quantitative estimate of drug-likeness (QED) is 0.572. The molecule has 112 valence electrons. The summed E-state index contributed by atoms with van der Waals surface area (Å²) in [7, 11) is 4.14. The summed E-state index contributed by atoms with van der Waals surface area (Å²) in [5.74, 6) is 2.20. The Balaban J connectivity index is 2.22. The van der Waals surface area contributed by atoms with Gasteiger partial charge in [0, 0.05) is 30.1 Å². The molecule has 20 heavy (non-hydrogen) atoms. The van der Waals surface area contributed by atoms with Crippen molar-refractivity contribution in [1.82, 2.24) is 4.90 Å². The normalized spacial score (nSPS) is 10.8. The van der Waals surface area contributed by atoms with Gasteiger partial charge >= 0.3 is 0 Å². The molecule has 0 unspecified atom stereocenters. The molecule has 0 bridgehead atoms. The van der Waals surface area contributed by atoms with Crippen molar-refractivity contribution in [3.8, 4) is 0 Å². The number of nitrogens with two attached hydrogens (primary N) is 1. The van der Waals surface area contributed by atoms with Crippen LogP contribution in [0.5, 0.6) is 0 Å². The lowest BCUT2D eigenvalue weighted by Gasteiger charge is -2.10. The molecule has 0 aliphatic heterocycles. The fourth-order valence-electron chi connectivity index (χ4n) is 1.67. The molecular weight excluding hydrogens is 270 g/mol. The summed E-state index contributed by atoms with van der Waals surface area (Å²) in [5, 5.41) is 2.92. The fourth-order valence-corrected chi connectivity index (χ4v) is 2.72. The minimum absolute atomic E-state index is 0.0620. The summed E-state index contributed by atoms with van der Waals surface area (Å²) in [5.41, 5.74) is 8.25. The summed E-state index contributed by atoms with van der Waals surface area (Å²) >= 11 is 1.89. The van der Waals surface area contributed by atoms with Crippen LogP contribution in [0.1, 0.15) is 18.4 Å². The second-order valence-corrected chi connectivity index (χ2v) is 6.37. The van der Waals surface area contributed by atoms with Gasteiger partial charge in [0.15, 0.2) is 0 Å². The molecule has 0 heterocycles. The molecule has 0 aliphatic rings. The van der Waals surface area contributed by atoms with Gasteiger partial charge in [-0.05, 0) is 50.9 Å². The van der Waals surface area contributed by atoms with Crippen molar-refractivity contribution in [2.24, 2.45) is 0 Å². The molecule has 0 radical (unpaired) electrons. The number of amides is 1. The molecule has 0 fully saturated rings. The fraction of sp³-hybridized carbons (Fsp3) is 0.533. The Morgan fingerprint density at radius 3 is 2.80 bits per heavy atom. The second kappa shape index (κ2) is 8.87. The molecule has 0 atom stereocenters. The maximum atomic E-state index is 11.8. The van der Waals surface area contributed by atoms with E-state index in [0.29, 0.717) is 12.1 Å². The number of hydrogen-bond acceptors (Lipinski definition) is 4. The van der Waals surface area contributed by atoms with Gasteiger partial charge in [0.25, 0.3) is 0 Å². The first-order valence-electron chi connectivity index (χ1n) is 6.87. The van der Waals surface area contributed by atoms with Crippen LogP contribution in [0.25, 0.3) is 0 Å². The number of nitrogens with zero attached hydrogens (tertiary/aromatic N) is 1. The number of thioether (sulfide) groups is 1. The molecule has 1 aromatic carbocycles. The van der Waals surface area contributed by atoms with Crippen molar-refractivity contribution in [1.29, 1.82) is 0 Å². The summed E-state index contributed by atoms with van der Waals surface area (Å²) in [4.78, 5) is 14.0. The van der Waals surface area contributed by atoms with Crippen molar-refractivity contribution in [3.05, 3.63) is 23.8 Å². The summed E-state index contributed by atoms with van der Waals surface area (Å²) < 4.78 is 0. The first-order valence-corrected chi connectivity index (χ1v) is 8.03. The zero-order valence-electron chi connectivity index (χ0n) is 12.6. The lowest BCUT2D eigenvalue weighted by Crippen LogP contribution is -2.15. The highest BCUT2D eigenvalue weighted by atomic mass is 32.2. The second-order valence-electron chi connectivity index (χ2n) is 5.14. The smallest absolute Gasteiger partial charge is 0.224 e. The molecular formula is C15H25N3OS. The van der Waals surface area contributed by atoms with Gasteiger partial charge in [0.2, 0.25) is 5.91 Å². The van der Waals surface area contributed by atoms with Crippen LogP contribution in [0.15, 0.2) is 18.2 Å². The van der Waals surface area contributed by atoms with E-state index in [-0.39, 0.29) is 5.91 Å². The molecule has 1 rings (SSSR count). The van der Waals surface area contributed by atoms with Crippen LogP contribution in [0.3, 0.4) is 0 Å². The monoisotopic (exact) mass is 295 g/mol. The Labute approximate surface area is 126 Å². The van der Waals surface area contributed by atoms with Crippen molar-refractivity contribution in [2.75, 3.05) is 43.2 Å². The largest absolute Gasteiger partial charge is 0.399 e. The maximum Gasteiger partial charge on any atom is 0.224 e. The maximum absolute atomic E-state index is 11.8. The van der Waals surface area contributed by atoms with Crippen LogP contribution < -0.4 is 11.1 Å². The van der Waals surface area contributed by atoms with Crippen LogP contribution in [-0.2, 0) is 4.79 Å². The van der Waals surface area contributed by atoms with Gasteiger partial charge in [0.1, 0.15) is 0 Å². The van der Waals surface area contributed by atoms with Gasteiger partial charge in [-0.3, -0.25) is 4.79 Å². The van der Waals surface area contributed by atoms with E-state index in [1.165, 1.54) is 0 Å². The summed E-state index contributed by atoms with van der Waals surface area (Å²) in [6, 6.07) is 5.56. The number of anilines is 2. The zero-order chi connectivity index (χ0) is 15.0. The number of benzene rings is 1. The molecule has 1 aromatic rings. The van der Waals surface area contributed by atoms with Gasteiger partial charge in [0.05, 0.1) is 0 Å². The number of rotatable bonds is 8. The van der Waals surface area contributed by atoms with Crippen LogP contribution >= 0.6 is 11.8 Å². The number of carbonyl (C=O) groups is 1. The summed E-state index contributed by atoms with van der Waals surface area (Å²) in [6.45, 7) is 3.05. The Kier molecular flexibility index (Phi) is 7.47. The Bertz CT molecular complexity index is 435. The lowest BCUT2D eigenvalue weighted by atomic mass is 10.1. The van der Waals surface area contributed by atoms with E-state index in [0.717, 1.165) is 35.7 Å². The molecule has 0 aromatic heterocycles. The van der Waals surface area contributed by atoms with Gasteiger partial charge in [-0.25, -0.2) is 0 Å². The van der Waals surface area contributed by atoms with Crippen molar-refractivity contribution in [2.45, 2.75) is 19.8 Å². The zero-order valence-corrected chi connectivity index (χ0v) is 13.4. The van der Waals surface area contributed by atoms with E-state index in [4.69, 9.17) is 5.73 Å². The van der Waals surface area contributed by atoms with E-state index < -0.39 is 0 Å². The minimum atomic E-state index is 0.0620. The van der Waals surface area contributed by atoms with Crippen LogP contribution in [0.2, 0.25) is 0 Å². The third-order valence-corrected chi connectivity index (χ3v) is 3.96. The number of carbonyl (C=O) groups excluding carboxylic acids is 1. The van der Waals surface area contributed by atoms with Gasteiger partial charge < -0.3 is 16.0 Å². The molecule has 5 heteroatoms. The minimum Gasteiger partial charge on any atom is -0.399 e. The van der Waals surface area contributed by atoms with E-state index in [1.807, 2.05) is 30.8 Å². The molecule has 3 N–H and O–H groups in total. The Morgan fingerprint density at radius 2 is 2.10 bits per heavy atom. The van der Waals surface area contributed by atoms with Crippen molar-refractivity contribution >= 4 is 29.0 Å². The third kappa shape index (κ3) is 6.82. The highest BCUT2D eigenvalue weighted by molar-refractivity contribution is 7.99. The molecule has 0 saturated heterocycles. The third-order valence-electron chi connectivity index (χ3n) is 2.91. The molecule has 4 nitrogen and oxygen atoms in total. The predicted octanol–water partition coefficient (Wildman–Crippen LogP) is 2.59.